The van der Waals surface area contributed by atoms with Crippen LogP contribution in [0.5, 0.6) is 0 Å². The van der Waals surface area contributed by atoms with Crippen molar-refractivity contribution in [3.63, 3.8) is 0 Å². The normalized spacial score (nSPS) is 20.2. The lowest BCUT2D eigenvalue weighted by Crippen LogP contribution is -2.20. The van der Waals surface area contributed by atoms with Gasteiger partial charge in [0, 0.05) is 41.2 Å². The van der Waals surface area contributed by atoms with Crippen molar-refractivity contribution < 1.29 is 13.6 Å². The number of carbonyl (C=O) groups excluding carboxylic acids is 1. The molecule has 1 unspecified atom stereocenters. The molecule has 2 heterocycles. The number of hydrogen-bond donors (Lipinski definition) is 3. The summed E-state index contributed by atoms with van der Waals surface area (Å²) in [6.45, 7) is 2.20. The summed E-state index contributed by atoms with van der Waals surface area (Å²) >= 11 is 0. The van der Waals surface area contributed by atoms with Crippen LogP contribution in [0.3, 0.4) is 0 Å². The Morgan fingerprint density at radius 2 is 2.04 bits per heavy atom. The van der Waals surface area contributed by atoms with Crippen LogP contribution in [0.15, 0.2) is 53.6 Å². The van der Waals surface area contributed by atoms with E-state index in [1.165, 1.54) is 12.1 Å². The molecule has 3 N–H and O–H groups in total. The standard InChI is InChI=1S/C20H18F2N4O/c1-11-19(25-10-24-11)8-17-16-7-15(2-3-18(16)26-20(17)27)23-9-12-4-13(21)6-14(22)5-12/h2-6,8,10,16,23H,7,9H2,1H3,(H,24,25)(H,26,27)/b17-8-. The SMILES string of the molecule is Cc1[nH]cnc1/C=C1\C(=O)NC2=CC=C(NCc3cc(F)cc(F)c3)CC21. The maximum Gasteiger partial charge on any atom is 0.252 e. The van der Waals surface area contributed by atoms with E-state index >= 15 is 0 Å². The minimum atomic E-state index is -0.600. The predicted octanol–water partition coefficient (Wildman–Crippen LogP) is 3.09. The van der Waals surface area contributed by atoms with E-state index in [1.54, 1.807) is 12.4 Å². The molecular formula is C20H18F2N4O. The molecule has 2 aromatic rings. The van der Waals surface area contributed by atoms with Gasteiger partial charge in [-0.25, -0.2) is 13.8 Å². The number of imidazole rings is 1. The van der Waals surface area contributed by atoms with Crippen LogP contribution in [0.1, 0.15) is 23.4 Å². The topological polar surface area (TPSA) is 69.8 Å². The highest BCUT2D eigenvalue weighted by Crippen LogP contribution is 2.35. The van der Waals surface area contributed by atoms with Crippen molar-refractivity contribution in [3.05, 3.63) is 82.2 Å². The number of aromatic nitrogens is 2. The van der Waals surface area contributed by atoms with Crippen molar-refractivity contribution in [2.24, 2.45) is 5.92 Å². The number of aromatic amines is 1. The lowest BCUT2D eigenvalue weighted by atomic mass is 9.90. The molecule has 0 spiro atoms. The number of rotatable bonds is 4. The Morgan fingerprint density at radius 3 is 2.74 bits per heavy atom. The van der Waals surface area contributed by atoms with Gasteiger partial charge in [0.15, 0.2) is 0 Å². The Balaban J connectivity index is 1.50. The number of halogens is 2. The van der Waals surface area contributed by atoms with Crippen LogP contribution in [0.2, 0.25) is 0 Å². The van der Waals surface area contributed by atoms with E-state index in [9.17, 15) is 13.6 Å². The highest BCUT2D eigenvalue weighted by Gasteiger charge is 2.35. The predicted molar refractivity (Wildman–Crippen MR) is 96.9 cm³/mol. The van der Waals surface area contributed by atoms with Gasteiger partial charge in [0.05, 0.1) is 12.0 Å². The monoisotopic (exact) mass is 368 g/mol. The summed E-state index contributed by atoms with van der Waals surface area (Å²) < 4.78 is 26.6. The van der Waals surface area contributed by atoms with E-state index in [-0.39, 0.29) is 11.8 Å². The van der Waals surface area contributed by atoms with Crippen LogP contribution in [0.25, 0.3) is 6.08 Å². The Kier molecular flexibility index (Phi) is 4.35. The molecule has 1 aliphatic carbocycles. The molecule has 1 aliphatic heterocycles. The van der Waals surface area contributed by atoms with Gasteiger partial charge in [0.25, 0.3) is 5.91 Å². The molecule has 27 heavy (non-hydrogen) atoms. The minimum Gasteiger partial charge on any atom is -0.384 e. The van der Waals surface area contributed by atoms with Crippen molar-refractivity contribution in [3.8, 4) is 0 Å². The number of hydrogen-bond acceptors (Lipinski definition) is 3. The van der Waals surface area contributed by atoms with Crippen molar-refractivity contribution in [1.29, 1.82) is 0 Å². The van der Waals surface area contributed by atoms with Crippen LogP contribution in [-0.4, -0.2) is 15.9 Å². The van der Waals surface area contributed by atoms with Crippen molar-refractivity contribution in [2.75, 3.05) is 0 Å². The molecule has 7 heteroatoms. The fourth-order valence-corrected chi connectivity index (χ4v) is 3.36. The summed E-state index contributed by atoms with van der Waals surface area (Å²) in [5.41, 5.74) is 4.55. The highest BCUT2D eigenvalue weighted by molar-refractivity contribution is 6.03. The van der Waals surface area contributed by atoms with Crippen LogP contribution < -0.4 is 10.6 Å². The summed E-state index contributed by atoms with van der Waals surface area (Å²) in [4.78, 5) is 19.6. The second-order valence-corrected chi connectivity index (χ2v) is 6.67. The number of nitrogens with zero attached hydrogens (tertiary/aromatic N) is 1. The number of fused-ring (bicyclic) bond motifs is 1. The quantitative estimate of drug-likeness (QED) is 0.727. The number of carbonyl (C=O) groups is 1. The first kappa shape index (κ1) is 17.2. The molecule has 1 fully saturated rings. The summed E-state index contributed by atoms with van der Waals surface area (Å²) in [5.74, 6) is -1.42. The molecule has 1 amide bonds. The Morgan fingerprint density at radius 1 is 1.26 bits per heavy atom. The molecule has 0 bridgehead atoms. The Bertz CT molecular complexity index is 983. The Hall–Kier alpha value is -3.22. The average molecular weight is 368 g/mol. The molecular weight excluding hydrogens is 350 g/mol. The van der Waals surface area contributed by atoms with Crippen LogP contribution in [-0.2, 0) is 11.3 Å². The molecule has 5 nitrogen and oxygen atoms in total. The lowest BCUT2D eigenvalue weighted by molar-refractivity contribution is -0.115. The number of nitrogens with one attached hydrogen (secondary N) is 3. The van der Waals surface area contributed by atoms with E-state index in [4.69, 9.17) is 0 Å². The third-order valence-corrected chi connectivity index (χ3v) is 4.76. The number of amides is 1. The molecule has 1 saturated heterocycles. The smallest absolute Gasteiger partial charge is 0.252 e. The van der Waals surface area contributed by atoms with E-state index in [0.717, 1.165) is 28.8 Å². The number of allylic oxidation sites excluding steroid dienone is 4. The number of benzene rings is 1. The van der Waals surface area contributed by atoms with Crippen molar-refractivity contribution in [2.45, 2.75) is 19.9 Å². The number of aryl methyl sites for hydroxylation is 1. The zero-order valence-electron chi connectivity index (χ0n) is 14.6. The number of H-pyrrole nitrogens is 1. The fourth-order valence-electron chi connectivity index (χ4n) is 3.36. The van der Waals surface area contributed by atoms with Crippen molar-refractivity contribution >= 4 is 12.0 Å². The average Bonchev–Trinajstić information content (AvgIpc) is 3.16. The van der Waals surface area contributed by atoms with Gasteiger partial charge in [-0.3, -0.25) is 4.79 Å². The van der Waals surface area contributed by atoms with E-state index < -0.39 is 11.6 Å². The molecule has 138 valence electrons. The molecule has 1 aromatic heterocycles. The molecule has 0 saturated carbocycles. The van der Waals surface area contributed by atoms with Crippen LogP contribution in [0.4, 0.5) is 8.78 Å². The second-order valence-electron chi connectivity index (χ2n) is 6.67. The van der Waals surface area contributed by atoms with Gasteiger partial charge in [-0.15, -0.1) is 0 Å². The van der Waals surface area contributed by atoms with Crippen LogP contribution >= 0.6 is 0 Å². The van der Waals surface area contributed by atoms with E-state index in [1.807, 2.05) is 19.1 Å². The third kappa shape index (κ3) is 3.53. The van der Waals surface area contributed by atoms with Gasteiger partial charge in [-0.2, -0.15) is 0 Å². The highest BCUT2D eigenvalue weighted by atomic mass is 19.1. The first-order chi connectivity index (χ1) is 13.0. The van der Waals surface area contributed by atoms with Gasteiger partial charge >= 0.3 is 0 Å². The van der Waals surface area contributed by atoms with Crippen molar-refractivity contribution in [1.82, 2.24) is 20.6 Å². The van der Waals surface area contributed by atoms with E-state index in [2.05, 4.69) is 20.6 Å². The molecule has 1 atom stereocenters. The molecule has 2 aliphatic rings. The molecule has 0 radical (unpaired) electrons. The summed E-state index contributed by atoms with van der Waals surface area (Å²) in [7, 11) is 0. The Labute approximate surface area is 154 Å². The maximum absolute atomic E-state index is 13.3. The van der Waals surface area contributed by atoms with E-state index in [0.29, 0.717) is 24.1 Å². The first-order valence-corrected chi connectivity index (χ1v) is 8.62. The maximum atomic E-state index is 13.3. The van der Waals surface area contributed by atoms with Gasteiger partial charge in [-0.05, 0) is 49.3 Å². The van der Waals surface area contributed by atoms with Crippen LogP contribution in [0, 0.1) is 24.5 Å². The summed E-state index contributed by atoms with van der Waals surface area (Å²) in [6, 6.07) is 3.45. The summed E-state index contributed by atoms with van der Waals surface area (Å²) in [5, 5.41) is 6.10. The third-order valence-electron chi connectivity index (χ3n) is 4.76. The second kappa shape index (κ2) is 6.83. The van der Waals surface area contributed by atoms with Gasteiger partial charge in [0.1, 0.15) is 11.6 Å². The zero-order chi connectivity index (χ0) is 19.0. The lowest BCUT2D eigenvalue weighted by Gasteiger charge is -2.20. The van der Waals surface area contributed by atoms with Gasteiger partial charge in [-0.1, -0.05) is 0 Å². The van der Waals surface area contributed by atoms with Gasteiger partial charge < -0.3 is 15.6 Å². The largest absolute Gasteiger partial charge is 0.384 e. The zero-order valence-corrected chi connectivity index (χ0v) is 14.6. The first-order valence-electron chi connectivity index (χ1n) is 8.62. The van der Waals surface area contributed by atoms with Gasteiger partial charge in [0.2, 0.25) is 0 Å². The molecule has 1 aromatic carbocycles. The molecule has 4 rings (SSSR count). The fraction of sp³-hybridized carbons (Fsp3) is 0.200. The minimum absolute atomic E-state index is 0.0923. The summed E-state index contributed by atoms with van der Waals surface area (Å²) in [6.07, 6.45) is 7.73.